The molecule has 26 heavy (non-hydrogen) atoms. The summed E-state index contributed by atoms with van der Waals surface area (Å²) in [7, 11) is 0. The van der Waals surface area contributed by atoms with Crippen molar-refractivity contribution >= 4 is 5.91 Å². The zero-order valence-electron chi connectivity index (χ0n) is 14.9. The van der Waals surface area contributed by atoms with Crippen LogP contribution in [0.1, 0.15) is 34.8 Å². The topological polar surface area (TPSA) is 54.9 Å². The number of amides is 1. The molecule has 2 aromatic heterocycles. The van der Waals surface area contributed by atoms with E-state index in [4.69, 9.17) is 0 Å². The first-order valence-electron chi connectivity index (χ1n) is 8.85. The van der Waals surface area contributed by atoms with E-state index in [0.29, 0.717) is 12.8 Å². The average Bonchev–Trinajstić information content (AvgIpc) is 2.69. The Morgan fingerprint density at radius 3 is 2.54 bits per heavy atom. The fourth-order valence-corrected chi connectivity index (χ4v) is 2.84. The summed E-state index contributed by atoms with van der Waals surface area (Å²) in [5.74, 6) is 0.0246. The maximum absolute atomic E-state index is 12.5. The van der Waals surface area contributed by atoms with E-state index in [1.54, 1.807) is 18.6 Å². The van der Waals surface area contributed by atoms with Gasteiger partial charge >= 0.3 is 0 Å². The number of aromatic nitrogens is 2. The summed E-state index contributed by atoms with van der Waals surface area (Å²) in [5, 5.41) is 3.14. The van der Waals surface area contributed by atoms with Crippen molar-refractivity contribution in [3.8, 4) is 0 Å². The van der Waals surface area contributed by atoms with Crippen molar-refractivity contribution in [2.45, 2.75) is 32.2 Å². The van der Waals surface area contributed by atoms with Crippen LogP contribution < -0.4 is 5.32 Å². The molecular weight excluding hydrogens is 322 g/mol. The second kappa shape index (κ2) is 8.90. The van der Waals surface area contributed by atoms with E-state index < -0.39 is 0 Å². The number of hydrogen-bond donors (Lipinski definition) is 1. The summed E-state index contributed by atoms with van der Waals surface area (Å²) in [5.41, 5.74) is 4.35. The SMILES string of the molecule is Cc1ccc(C[C@@H](NC(=O)CCc2cccnc2)c2ccccn2)cc1. The molecule has 0 radical (unpaired) electrons. The van der Waals surface area contributed by atoms with Crippen LogP contribution in [-0.2, 0) is 17.6 Å². The molecule has 0 aliphatic rings. The van der Waals surface area contributed by atoms with E-state index in [9.17, 15) is 4.79 Å². The minimum atomic E-state index is -0.139. The number of carbonyl (C=O) groups is 1. The quantitative estimate of drug-likeness (QED) is 0.708. The fraction of sp³-hybridized carbons (Fsp3) is 0.227. The lowest BCUT2D eigenvalue weighted by Crippen LogP contribution is -2.30. The minimum absolute atomic E-state index is 0.0246. The van der Waals surface area contributed by atoms with Crippen LogP contribution in [-0.4, -0.2) is 15.9 Å². The molecule has 0 aliphatic heterocycles. The summed E-state index contributed by atoms with van der Waals surface area (Å²) in [4.78, 5) is 21.0. The molecule has 4 nitrogen and oxygen atoms in total. The molecular formula is C22H23N3O. The van der Waals surface area contributed by atoms with Crippen LogP contribution in [0, 0.1) is 6.92 Å². The van der Waals surface area contributed by atoms with Gasteiger partial charge in [0.25, 0.3) is 0 Å². The van der Waals surface area contributed by atoms with Gasteiger partial charge in [0, 0.05) is 25.0 Å². The number of hydrogen-bond acceptors (Lipinski definition) is 3. The van der Waals surface area contributed by atoms with Crippen LogP contribution >= 0.6 is 0 Å². The van der Waals surface area contributed by atoms with Crippen LogP contribution in [0.15, 0.2) is 73.2 Å². The summed E-state index contributed by atoms with van der Waals surface area (Å²) in [6, 6.07) is 17.9. The molecule has 0 aliphatic carbocycles. The van der Waals surface area contributed by atoms with Crippen LogP contribution in [0.3, 0.4) is 0 Å². The average molecular weight is 345 g/mol. The van der Waals surface area contributed by atoms with Gasteiger partial charge in [-0.3, -0.25) is 14.8 Å². The molecule has 3 rings (SSSR count). The Morgan fingerprint density at radius 2 is 1.85 bits per heavy atom. The Morgan fingerprint density at radius 1 is 1.00 bits per heavy atom. The first-order chi connectivity index (χ1) is 12.7. The molecule has 0 unspecified atom stereocenters. The molecule has 1 amide bonds. The highest BCUT2D eigenvalue weighted by Gasteiger charge is 2.16. The largest absolute Gasteiger partial charge is 0.347 e. The Kier molecular flexibility index (Phi) is 6.09. The molecule has 1 aromatic carbocycles. The molecule has 0 saturated carbocycles. The van der Waals surface area contributed by atoms with Gasteiger partial charge in [0.2, 0.25) is 5.91 Å². The van der Waals surface area contributed by atoms with Crippen molar-refractivity contribution < 1.29 is 4.79 Å². The Balaban J connectivity index is 1.67. The van der Waals surface area contributed by atoms with Crippen molar-refractivity contribution in [2.75, 3.05) is 0 Å². The molecule has 2 heterocycles. The van der Waals surface area contributed by atoms with Gasteiger partial charge in [-0.15, -0.1) is 0 Å². The third kappa shape index (κ3) is 5.24. The van der Waals surface area contributed by atoms with Gasteiger partial charge in [-0.05, 0) is 49.1 Å². The first-order valence-corrected chi connectivity index (χ1v) is 8.85. The molecule has 0 spiro atoms. The van der Waals surface area contributed by atoms with E-state index in [1.165, 1.54) is 11.1 Å². The Bertz CT molecular complexity index is 817. The zero-order chi connectivity index (χ0) is 18.2. The number of nitrogens with one attached hydrogen (secondary N) is 1. The molecule has 4 heteroatoms. The van der Waals surface area contributed by atoms with Crippen LogP contribution in [0.25, 0.3) is 0 Å². The smallest absolute Gasteiger partial charge is 0.220 e. The highest BCUT2D eigenvalue weighted by atomic mass is 16.1. The van der Waals surface area contributed by atoms with Gasteiger partial charge in [-0.2, -0.15) is 0 Å². The Labute approximate surface area is 154 Å². The van der Waals surface area contributed by atoms with E-state index >= 15 is 0 Å². The maximum atomic E-state index is 12.5. The maximum Gasteiger partial charge on any atom is 0.220 e. The first kappa shape index (κ1) is 17.8. The van der Waals surface area contributed by atoms with Crippen molar-refractivity contribution in [1.82, 2.24) is 15.3 Å². The third-order valence-corrected chi connectivity index (χ3v) is 4.30. The predicted octanol–water partition coefficient (Wildman–Crippen LogP) is 3.82. The predicted molar refractivity (Wildman–Crippen MR) is 103 cm³/mol. The lowest BCUT2D eigenvalue weighted by Gasteiger charge is -2.19. The number of aryl methyl sites for hydroxylation is 2. The molecule has 1 atom stereocenters. The monoisotopic (exact) mass is 345 g/mol. The van der Waals surface area contributed by atoms with Crippen molar-refractivity contribution in [2.24, 2.45) is 0 Å². The summed E-state index contributed by atoms with van der Waals surface area (Å²) < 4.78 is 0. The number of benzene rings is 1. The van der Waals surface area contributed by atoms with Gasteiger partial charge in [-0.1, -0.05) is 42.0 Å². The zero-order valence-corrected chi connectivity index (χ0v) is 14.9. The van der Waals surface area contributed by atoms with Crippen LogP contribution in [0.5, 0.6) is 0 Å². The number of carbonyl (C=O) groups excluding carboxylic acids is 1. The number of rotatable bonds is 7. The van der Waals surface area contributed by atoms with Gasteiger partial charge in [0.1, 0.15) is 0 Å². The lowest BCUT2D eigenvalue weighted by atomic mass is 10.0. The van der Waals surface area contributed by atoms with Gasteiger partial charge in [0.15, 0.2) is 0 Å². The fourth-order valence-electron chi connectivity index (χ4n) is 2.84. The number of pyridine rings is 2. The molecule has 132 valence electrons. The standard InChI is InChI=1S/C22H23N3O/c1-17-7-9-18(10-8-17)15-21(20-6-2-3-14-24-20)25-22(26)12-11-19-5-4-13-23-16-19/h2-10,13-14,16,21H,11-12,15H2,1H3,(H,25,26)/t21-/m1/s1. The van der Waals surface area contributed by atoms with Crippen molar-refractivity contribution in [3.63, 3.8) is 0 Å². The second-order valence-corrected chi connectivity index (χ2v) is 6.43. The van der Waals surface area contributed by atoms with E-state index in [0.717, 1.165) is 17.7 Å². The van der Waals surface area contributed by atoms with E-state index in [2.05, 4.69) is 46.5 Å². The minimum Gasteiger partial charge on any atom is -0.347 e. The van der Waals surface area contributed by atoms with Gasteiger partial charge in [-0.25, -0.2) is 0 Å². The van der Waals surface area contributed by atoms with Crippen molar-refractivity contribution in [1.29, 1.82) is 0 Å². The summed E-state index contributed by atoms with van der Waals surface area (Å²) in [6.07, 6.45) is 7.13. The number of nitrogens with zero attached hydrogens (tertiary/aromatic N) is 2. The summed E-state index contributed by atoms with van der Waals surface area (Å²) in [6.45, 7) is 2.07. The lowest BCUT2D eigenvalue weighted by molar-refractivity contribution is -0.121. The molecule has 1 N–H and O–H groups in total. The van der Waals surface area contributed by atoms with Crippen LogP contribution in [0.2, 0.25) is 0 Å². The highest BCUT2D eigenvalue weighted by Crippen LogP contribution is 2.17. The molecule has 0 fully saturated rings. The second-order valence-electron chi connectivity index (χ2n) is 6.43. The third-order valence-electron chi connectivity index (χ3n) is 4.30. The normalized spacial score (nSPS) is 11.7. The Hall–Kier alpha value is -3.01. The van der Waals surface area contributed by atoms with Crippen molar-refractivity contribution in [3.05, 3.63) is 95.6 Å². The molecule has 3 aromatic rings. The molecule has 0 bridgehead atoms. The van der Waals surface area contributed by atoms with Gasteiger partial charge < -0.3 is 5.32 Å². The summed E-state index contributed by atoms with van der Waals surface area (Å²) >= 11 is 0. The van der Waals surface area contributed by atoms with Crippen LogP contribution in [0.4, 0.5) is 0 Å². The molecule has 0 saturated heterocycles. The van der Waals surface area contributed by atoms with Gasteiger partial charge in [0.05, 0.1) is 11.7 Å². The highest BCUT2D eigenvalue weighted by molar-refractivity contribution is 5.76. The van der Waals surface area contributed by atoms with E-state index in [-0.39, 0.29) is 11.9 Å². The van der Waals surface area contributed by atoms with E-state index in [1.807, 2.05) is 30.3 Å².